The van der Waals surface area contributed by atoms with Gasteiger partial charge < -0.3 is 9.84 Å². The van der Waals surface area contributed by atoms with Gasteiger partial charge in [-0.05, 0) is 49.4 Å². The van der Waals surface area contributed by atoms with E-state index in [0.717, 1.165) is 5.56 Å². The van der Waals surface area contributed by atoms with Gasteiger partial charge in [-0.3, -0.25) is 4.79 Å². The largest absolute Gasteiger partial charge is 0.334 e. The summed E-state index contributed by atoms with van der Waals surface area (Å²) in [4.78, 5) is 16.4. The summed E-state index contributed by atoms with van der Waals surface area (Å²) in [7, 11) is 0. The van der Waals surface area contributed by atoms with E-state index in [2.05, 4.69) is 15.5 Å². The van der Waals surface area contributed by atoms with Crippen LogP contribution in [-0.4, -0.2) is 16.0 Å². The molecule has 0 unspecified atom stereocenters. The van der Waals surface area contributed by atoms with Crippen LogP contribution in [0.5, 0.6) is 0 Å². The first-order valence-electron chi connectivity index (χ1n) is 6.70. The third-order valence-corrected chi connectivity index (χ3v) is 3.64. The van der Waals surface area contributed by atoms with E-state index in [4.69, 9.17) is 27.7 Å². The highest BCUT2D eigenvalue weighted by molar-refractivity contribution is 6.37. The van der Waals surface area contributed by atoms with Gasteiger partial charge in [0.2, 0.25) is 0 Å². The van der Waals surface area contributed by atoms with Crippen LogP contribution in [-0.2, 0) is 0 Å². The van der Waals surface area contributed by atoms with E-state index >= 15 is 0 Å². The molecule has 116 valence electrons. The van der Waals surface area contributed by atoms with E-state index in [1.165, 1.54) is 6.07 Å². The number of hydrogen-bond acceptors (Lipinski definition) is 4. The van der Waals surface area contributed by atoms with Crippen molar-refractivity contribution >= 4 is 34.8 Å². The predicted molar refractivity (Wildman–Crippen MR) is 88.9 cm³/mol. The maximum absolute atomic E-state index is 12.2. The average Bonchev–Trinajstić information content (AvgIpc) is 2.94. The van der Waals surface area contributed by atoms with E-state index in [9.17, 15) is 4.79 Å². The molecule has 5 nitrogen and oxygen atoms in total. The lowest BCUT2D eigenvalue weighted by Gasteiger charge is -2.07. The lowest BCUT2D eigenvalue weighted by atomic mass is 10.2. The van der Waals surface area contributed by atoms with E-state index in [1.807, 2.05) is 0 Å². The highest BCUT2D eigenvalue weighted by Crippen LogP contribution is 2.23. The zero-order valence-electron chi connectivity index (χ0n) is 12.0. The highest BCUT2D eigenvalue weighted by atomic mass is 35.5. The molecule has 0 radical (unpaired) electrons. The van der Waals surface area contributed by atoms with Gasteiger partial charge in [0.05, 0.1) is 10.6 Å². The van der Waals surface area contributed by atoms with Crippen LogP contribution in [0.15, 0.2) is 47.0 Å². The minimum atomic E-state index is -0.312. The van der Waals surface area contributed by atoms with Crippen molar-refractivity contribution in [3.63, 3.8) is 0 Å². The number of aromatic nitrogens is 2. The molecule has 23 heavy (non-hydrogen) atoms. The van der Waals surface area contributed by atoms with E-state index in [-0.39, 0.29) is 5.91 Å². The van der Waals surface area contributed by atoms with E-state index in [1.54, 1.807) is 43.3 Å². The summed E-state index contributed by atoms with van der Waals surface area (Å²) in [5.74, 6) is 0.684. The van der Waals surface area contributed by atoms with Gasteiger partial charge in [0.15, 0.2) is 5.82 Å². The number of nitrogens with one attached hydrogen (secondary N) is 1. The maximum atomic E-state index is 12.2. The smallest absolute Gasteiger partial charge is 0.257 e. The normalized spacial score (nSPS) is 10.6. The molecule has 0 spiro atoms. The van der Waals surface area contributed by atoms with Crippen molar-refractivity contribution in [1.29, 1.82) is 0 Å². The fraction of sp³-hybridized carbons (Fsp3) is 0.0625. The molecule has 1 N–H and O–H groups in total. The number of carbonyl (C=O) groups is 1. The number of nitrogens with zero attached hydrogens (tertiary/aromatic N) is 2. The topological polar surface area (TPSA) is 68.0 Å². The molecular formula is C16H11Cl2N3O2. The summed E-state index contributed by atoms with van der Waals surface area (Å²) in [6.07, 6.45) is 0. The summed E-state index contributed by atoms with van der Waals surface area (Å²) >= 11 is 11.8. The molecule has 0 aliphatic heterocycles. The number of aryl methyl sites for hydroxylation is 1. The van der Waals surface area contributed by atoms with Crippen LogP contribution in [0.2, 0.25) is 10.0 Å². The van der Waals surface area contributed by atoms with Gasteiger partial charge in [0.1, 0.15) is 0 Å². The van der Waals surface area contributed by atoms with Crippen LogP contribution >= 0.6 is 23.2 Å². The number of carbonyl (C=O) groups excluding carboxylic acids is 1. The summed E-state index contributed by atoms with van der Waals surface area (Å²) in [5, 5.41) is 7.28. The van der Waals surface area contributed by atoms with Crippen molar-refractivity contribution in [2.45, 2.75) is 6.92 Å². The van der Waals surface area contributed by atoms with Crippen molar-refractivity contribution in [3.05, 3.63) is 63.9 Å². The Morgan fingerprint density at radius 1 is 1.13 bits per heavy atom. The standard InChI is InChI=1S/C16H11Cl2N3O2/c1-9-19-16(23-21-9)10-2-5-12(6-3-10)20-15(22)13-7-4-11(17)8-14(13)18/h2-8H,1H3,(H,20,22). The van der Waals surface area contributed by atoms with Crippen LogP contribution in [0.3, 0.4) is 0 Å². The average molecular weight is 348 g/mol. The Balaban J connectivity index is 1.76. The van der Waals surface area contributed by atoms with Crippen LogP contribution in [0, 0.1) is 6.92 Å². The Bertz CT molecular complexity index is 860. The number of halogens is 2. The monoisotopic (exact) mass is 347 g/mol. The van der Waals surface area contributed by atoms with Gasteiger partial charge in [-0.2, -0.15) is 4.98 Å². The first-order chi connectivity index (χ1) is 11.0. The van der Waals surface area contributed by atoms with Gasteiger partial charge in [0.25, 0.3) is 11.8 Å². The first kappa shape index (κ1) is 15.5. The molecule has 7 heteroatoms. The third kappa shape index (κ3) is 3.52. The number of hydrogen-bond donors (Lipinski definition) is 1. The summed E-state index contributed by atoms with van der Waals surface area (Å²) in [5.41, 5.74) is 1.75. The first-order valence-corrected chi connectivity index (χ1v) is 7.45. The quantitative estimate of drug-likeness (QED) is 0.751. The minimum Gasteiger partial charge on any atom is -0.334 e. The fourth-order valence-corrected chi connectivity index (χ4v) is 2.48. The van der Waals surface area contributed by atoms with Crippen molar-refractivity contribution in [1.82, 2.24) is 10.1 Å². The van der Waals surface area contributed by atoms with Crippen molar-refractivity contribution in [2.24, 2.45) is 0 Å². The summed E-state index contributed by atoms with van der Waals surface area (Å²) in [6.45, 7) is 1.75. The molecule has 0 fully saturated rings. The molecule has 3 aromatic rings. The summed E-state index contributed by atoms with van der Waals surface area (Å²) < 4.78 is 5.09. The summed E-state index contributed by atoms with van der Waals surface area (Å²) in [6, 6.07) is 11.8. The molecular weight excluding hydrogens is 337 g/mol. The molecule has 2 aromatic carbocycles. The second kappa shape index (κ2) is 6.40. The fourth-order valence-electron chi connectivity index (χ4n) is 1.98. The molecule has 0 aliphatic rings. The van der Waals surface area contributed by atoms with E-state index < -0.39 is 0 Å². The van der Waals surface area contributed by atoms with Crippen molar-refractivity contribution < 1.29 is 9.32 Å². The Morgan fingerprint density at radius 2 is 1.87 bits per heavy atom. The van der Waals surface area contributed by atoms with Crippen LogP contribution in [0.25, 0.3) is 11.5 Å². The molecule has 1 heterocycles. The zero-order valence-corrected chi connectivity index (χ0v) is 13.5. The van der Waals surface area contributed by atoms with Crippen molar-refractivity contribution in [3.8, 4) is 11.5 Å². The number of anilines is 1. The lowest BCUT2D eigenvalue weighted by Crippen LogP contribution is -2.12. The minimum absolute atomic E-state index is 0.299. The van der Waals surface area contributed by atoms with Crippen molar-refractivity contribution in [2.75, 3.05) is 5.32 Å². The Hall–Kier alpha value is -2.37. The third-order valence-electron chi connectivity index (χ3n) is 3.09. The van der Waals surface area contributed by atoms with Crippen LogP contribution < -0.4 is 5.32 Å². The second-order valence-corrected chi connectivity index (χ2v) is 5.65. The molecule has 1 amide bonds. The van der Waals surface area contributed by atoms with Gasteiger partial charge in [-0.1, -0.05) is 28.4 Å². The molecule has 3 rings (SSSR count). The Labute approximate surface area is 142 Å². The highest BCUT2D eigenvalue weighted by Gasteiger charge is 2.12. The molecule has 0 aliphatic carbocycles. The predicted octanol–water partition coefficient (Wildman–Crippen LogP) is 4.60. The van der Waals surface area contributed by atoms with Crippen LogP contribution in [0.4, 0.5) is 5.69 Å². The molecule has 0 atom stereocenters. The number of benzene rings is 2. The zero-order chi connectivity index (χ0) is 16.4. The van der Waals surface area contributed by atoms with E-state index in [0.29, 0.717) is 33.0 Å². The lowest BCUT2D eigenvalue weighted by molar-refractivity contribution is 0.102. The molecule has 0 saturated heterocycles. The van der Waals surface area contributed by atoms with Gasteiger partial charge >= 0.3 is 0 Å². The number of amides is 1. The maximum Gasteiger partial charge on any atom is 0.257 e. The SMILES string of the molecule is Cc1noc(-c2ccc(NC(=O)c3ccc(Cl)cc3Cl)cc2)n1. The molecule has 0 bridgehead atoms. The Kier molecular flexibility index (Phi) is 4.32. The second-order valence-electron chi connectivity index (χ2n) is 4.80. The van der Waals surface area contributed by atoms with Gasteiger partial charge in [-0.25, -0.2) is 0 Å². The van der Waals surface area contributed by atoms with Crippen LogP contribution in [0.1, 0.15) is 16.2 Å². The molecule has 0 saturated carbocycles. The van der Waals surface area contributed by atoms with Gasteiger partial charge in [-0.15, -0.1) is 0 Å². The Morgan fingerprint density at radius 3 is 2.48 bits per heavy atom. The van der Waals surface area contributed by atoms with Gasteiger partial charge in [0, 0.05) is 16.3 Å². The molecule has 1 aromatic heterocycles. The number of rotatable bonds is 3.